The molecule has 3 heterocycles. The number of nitrogens with zero attached hydrogens (tertiary/aromatic N) is 2. The van der Waals surface area contributed by atoms with E-state index in [0.717, 1.165) is 30.1 Å². The quantitative estimate of drug-likeness (QED) is 0.893. The van der Waals surface area contributed by atoms with Crippen LogP contribution in [0.2, 0.25) is 0 Å². The SMILES string of the molecule is O=C(O)CCn1nc(-c2cccs2)c2c1CCNC2. The van der Waals surface area contributed by atoms with Crippen molar-refractivity contribution in [3.8, 4) is 10.6 Å². The summed E-state index contributed by atoms with van der Waals surface area (Å²) in [5, 5.41) is 18.8. The molecule has 19 heavy (non-hydrogen) atoms. The van der Waals surface area contributed by atoms with E-state index in [1.807, 2.05) is 16.1 Å². The van der Waals surface area contributed by atoms with E-state index >= 15 is 0 Å². The summed E-state index contributed by atoms with van der Waals surface area (Å²) in [6, 6.07) is 4.07. The van der Waals surface area contributed by atoms with Gasteiger partial charge in [0.2, 0.25) is 0 Å². The molecule has 0 aromatic carbocycles. The standard InChI is InChI=1S/C13H15N3O2S/c17-12(18)4-6-16-10-3-5-14-8-9(10)13(15-16)11-2-1-7-19-11/h1-2,7,14H,3-6,8H2,(H,17,18). The Balaban J connectivity index is 1.99. The molecule has 2 aromatic rings. The van der Waals surface area contributed by atoms with Crippen molar-refractivity contribution < 1.29 is 9.90 Å². The van der Waals surface area contributed by atoms with Gasteiger partial charge in [0, 0.05) is 30.8 Å². The lowest BCUT2D eigenvalue weighted by molar-refractivity contribution is -0.137. The largest absolute Gasteiger partial charge is 0.481 e. The summed E-state index contributed by atoms with van der Waals surface area (Å²) in [5.41, 5.74) is 3.41. The van der Waals surface area contributed by atoms with Gasteiger partial charge >= 0.3 is 5.97 Å². The highest BCUT2D eigenvalue weighted by Crippen LogP contribution is 2.30. The summed E-state index contributed by atoms with van der Waals surface area (Å²) in [7, 11) is 0. The average molecular weight is 277 g/mol. The minimum atomic E-state index is -0.782. The van der Waals surface area contributed by atoms with Crippen LogP contribution in [0.25, 0.3) is 10.6 Å². The number of carboxylic acids is 1. The maximum absolute atomic E-state index is 10.7. The van der Waals surface area contributed by atoms with Crippen LogP contribution in [0, 0.1) is 0 Å². The zero-order valence-electron chi connectivity index (χ0n) is 10.4. The minimum Gasteiger partial charge on any atom is -0.481 e. The summed E-state index contributed by atoms with van der Waals surface area (Å²) in [5.74, 6) is -0.782. The van der Waals surface area contributed by atoms with Gasteiger partial charge in [0.15, 0.2) is 0 Å². The summed E-state index contributed by atoms with van der Waals surface area (Å²) >= 11 is 1.67. The van der Waals surface area contributed by atoms with E-state index in [1.54, 1.807) is 11.3 Å². The Morgan fingerprint density at radius 3 is 3.21 bits per heavy atom. The molecular weight excluding hydrogens is 262 g/mol. The van der Waals surface area contributed by atoms with Gasteiger partial charge in [-0.05, 0) is 11.4 Å². The van der Waals surface area contributed by atoms with Gasteiger partial charge in [0.1, 0.15) is 5.69 Å². The number of aliphatic carboxylic acids is 1. The molecular formula is C13H15N3O2S. The van der Waals surface area contributed by atoms with E-state index in [4.69, 9.17) is 5.11 Å². The molecule has 6 heteroatoms. The molecule has 0 radical (unpaired) electrons. The van der Waals surface area contributed by atoms with Crippen LogP contribution in [0.15, 0.2) is 17.5 Å². The van der Waals surface area contributed by atoms with Crippen LogP contribution in [0.3, 0.4) is 0 Å². The lowest BCUT2D eigenvalue weighted by atomic mass is 10.1. The molecule has 1 aliphatic heterocycles. The van der Waals surface area contributed by atoms with E-state index in [-0.39, 0.29) is 6.42 Å². The van der Waals surface area contributed by atoms with Crippen LogP contribution in [0.4, 0.5) is 0 Å². The van der Waals surface area contributed by atoms with Crippen LogP contribution in [0.1, 0.15) is 17.7 Å². The van der Waals surface area contributed by atoms with E-state index in [0.29, 0.717) is 6.54 Å². The zero-order chi connectivity index (χ0) is 13.2. The first-order valence-corrected chi connectivity index (χ1v) is 7.18. The molecule has 5 nitrogen and oxygen atoms in total. The highest BCUT2D eigenvalue weighted by atomic mass is 32.1. The lowest BCUT2D eigenvalue weighted by Crippen LogP contribution is -2.25. The number of nitrogens with one attached hydrogen (secondary N) is 1. The Kier molecular flexibility index (Phi) is 3.35. The first-order valence-electron chi connectivity index (χ1n) is 6.30. The molecule has 0 unspecified atom stereocenters. The molecule has 2 aromatic heterocycles. The van der Waals surface area contributed by atoms with Crippen molar-refractivity contribution in [3.05, 3.63) is 28.8 Å². The monoisotopic (exact) mass is 277 g/mol. The number of carboxylic acid groups (broad SMARTS) is 1. The van der Waals surface area contributed by atoms with E-state index in [1.165, 1.54) is 11.3 Å². The number of hydrogen-bond donors (Lipinski definition) is 2. The third-order valence-electron chi connectivity index (χ3n) is 3.30. The van der Waals surface area contributed by atoms with Gasteiger partial charge in [-0.2, -0.15) is 5.10 Å². The smallest absolute Gasteiger partial charge is 0.305 e. The highest BCUT2D eigenvalue weighted by molar-refractivity contribution is 7.13. The summed E-state index contributed by atoms with van der Waals surface area (Å²) in [6.07, 6.45) is 1.03. The topological polar surface area (TPSA) is 67.1 Å². The number of hydrogen-bond acceptors (Lipinski definition) is 4. The first-order chi connectivity index (χ1) is 9.25. The maximum atomic E-state index is 10.7. The van der Waals surface area contributed by atoms with Crippen LogP contribution < -0.4 is 5.32 Å². The molecule has 0 aliphatic carbocycles. The van der Waals surface area contributed by atoms with Crippen molar-refractivity contribution in [1.29, 1.82) is 0 Å². The van der Waals surface area contributed by atoms with Gasteiger partial charge < -0.3 is 10.4 Å². The Hall–Kier alpha value is -1.66. The number of aromatic nitrogens is 2. The Labute approximate surface area is 114 Å². The number of thiophene rings is 1. The number of fused-ring (bicyclic) bond motifs is 1. The molecule has 0 saturated carbocycles. The van der Waals surface area contributed by atoms with Crippen molar-refractivity contribution in [3.63, 3.8) is 0 Å². The summed E-state index contributed by atoms with van der Waals surface area (Å²) < 4.78 is 1.87. The molecule has 100 valence electrons. The van der Waals surface area contributed by atoms with Gasteiger partial charge in [-0.15, -0.1) is 11.3 Å². The zero-order valence-corrected chi connectivity index (χ0v) is 11.2. The molecule has 2 N–H and O–H groups in total. The van der Waals surface area contributed by atoms with E-state index < -0.39 is 5.97 Å². The Bertz CT molecular complexity index is 589. The fourth-order valence-corrected chi connectivity index (χ4v) is 3.15. The van der Waals surface area contributed by atoms with Crippen molar-refractivity contribution in [2.45, 2.75) is 25.9 Å². The second-order valence-electron chi connectivity index (χ2n) is 4.54. The highest BCUT2D eigenvalue weighted by Gasteiger charge is 2.22. The first kappa shape index (κ1) is 12.4. The van der Waals surface area contributed by atoms with E-state index in [9.17, 15) is 4.79 Å². The molecule has 0 amide bonds. The summed E-state index contributed by atoms with van der Waals surface area (Å²) in [4.78, 5) is 11.9. The third kappa shape index (κ3) is 2.41. The van der Waals surface area contributed by atoms with Crippen molar-refractivity contribution in [2.24, 2.45) is 0 Å². The van der Waals surface area contributed by atoms with Crippen LogP contribution >= 0.6 is 11.3 Å². The predicted octanol–water partition coefficient (Wildman–Crippen LogP) is 1.73. The van der Waals surface area contributed by atoms with Gasteiger partial charge in [-0.3, -0.25) is 9.48 Å². The van der Waals surface area contributed by atoms with Crippen molar-refractivity contribution in [2.75, 3.05) is 6.54 Å². The molecule has 0 bridgehead atoms. The number of aryl methyl sites for hydroxylation is 1. The van der Waals surface area contributed by atoms with E-state index in [2.05, 4.69) is 16.5 Å². The maximum Gasteiger partial charge on any atom is 0.305 e. The molecule has 0 saturated heterocycles. The lowest BCUT2D eigenvalue weighted by Gasteiger charge is -2.15. The third-order valence-corrected chi connectivity index (χ3v) is 4.18. The second kappa shape index (κ2) is 5.14. The van der Waals surface area contributed by atoms with Crippen LogP contribution in [-0.4, -0.2) is 27.4 Å². The number of carbonyl (C=O) groups is 1. The van der Waals surface area contributed by atoms with Gasteiger partial charge in [-0.25, -0.2) is 0 Å². The molecule has 0 spiro atoms. The van der Waals surface area contributed by atoms with Crippen molar-refractivity contribution >= 4 is 17.3 Å². The minimum absolute atomic E-state index is 0.116. The van der Waals surface area contributed by atoms with Crippen molar-refractivity contribution in [1.82, 2.24) is 15.1 Å². The normalized spacial score (nSPS) is 14.3. The van der Waals surface area contributed by atoms with Gasteiger partial charge in [0.05, 0.1) is 17.8 Å². The molecule has 1 aliphatic rings. The molecule has 0 fully saturated rings. The van der Waals surface area contributed by atoms with Gasteiger partial charge in [-0.1, -0.05) is 6.07 Å². The summed E-state index contributed by atoms with van der Waals surface area (Å²) in [6.45, 7) is 2.19. The fourth-order valence-electron chi connectivity index (χ4n) is 2.42. The Morgan fingerprint density at radius 1 is 1.58 bits per heavy atom. The van der Waals surface area contributed by atoms with Crippen LogP contribution in [0.5, 0.6) is 0 Å². The number of rotatable bonds is 4. The molecule has 3 rings (SSSR count). The molecule has 0 atom stereocenters. The average Bonchev–Trinajstić information content (AvgIpc) is 3.03. The van der Waals surface area contributed by atoms with Gasteiger partial charge in [0.25, 0.3) is 0 Å². The fraction of sp³-hybridized carbons (Fsp3) is 0.385. The second-order valence-corrected chi connectivity index (χ2v) is 5.49. The Morgan fingerprint density at radius 2 is 2.47 bits per heavy atom. The van der Waals surface area contributed by atoms with Crippen LogP contribution in [-0.2, 0) is 24.3 Å². The predicted molar refractivity (Wildman–Crippen MR) is 73.2 cm³/mol.